The van der Waals surface area contributed by atoms with Crippen LogP contribution in [0.15, 0.2) is 30.6 Å². The molecule has 1 N–H and O–H groups in total. The Bertz CT molecular complexity index is 499. The highest BCUT2D eigenvalue weighted by atomic mass is 16.4. The molecular formula is C15H18N2O3. The van der Waals surface area contributed by atoms with E-state index in [1.54, 1.807) is 29.4 Å². The molecule has 1 unspecified atom stereocenters. The first-order valence-electron chi connectivity index (χ1n) is 6.74. The molecule has 106 valence electrons. The Balaban J connectivity index is 1.82. The molecule has 2 heterocycles. The lowest BCUT2D eigenvalue weighted by Crippen LogP contribution is -2.26. The first kappa shape index (κ1) is 14.2. The summed E-state index contributed by atoms with van der Waals surface area (Å²) in [6.45, 7) is 1.37. The van der Waals surface area contributed by atoms with Crippen LogP contribution in [0.5, 0.6) is 0 Å². The van der Waals surface area contributed by atoms with E-state index in [0.717, 1.165) is 12.0 Å². The number of amides is 1. The van der Waals surface area contributed by atoms with Gasteiger partial charge in [-0.3, -0.25) is 14.6 Å². The second-order valence-corrected chi connectivity index (χ2v) is 4.99. The molecule has 5 nitrogen and oxygen atoms in total. The molecule has 0 aliphatic carbocycles. The molecular weight excluding hydrogens is 256 g/mol. The fourth-order valence-corrected chi connectivity index (χ4v) is 2.34. The summed E-state index contributed by atoms with van der Waals surface area (Å²) < 4.78 is 0. The lowest BCUT2D eigenvalue weighted by Gasteiger charge is -2.13. The summed E-state index contributed by atoms with van der Waals surface area (Å²) in [6, 6.07) is 3.71. The minimum Gasteiger partial charge on any atom is -0.481 e. The van der Waals surface area contributed by atoms with Gasteiger partial charge < -0.3 is 10.0 Å². The molecule has 1 aliphatic rings. The first-order chi connectivity index (χ1) is 9.65. The van der Waals surface area contributed by atoms with Gasteiger partial charge in [0.15, 0.2) is 0 Å². The van der Waals surface area contributed by atoms with E-state index in [9.17, 15) is 9.59 Å². The molecule has 0 saturated carbocycles. The molecule has 1 aliphatic heterocycles. The highest BCUT2D eigenvalue weighted by Crippen LogP contribution is 2.21. The third-order valence-corrected chi connectivity index (χ3v) is 3.47. The van der Waals surface area contributed by atoms with Crippen LogP contribution in [0.2, 0.25) is 0 Å². The van der Waals surface area contributed by atoms with Crippen LogP contribution in [0.25, 0.3) is 6.08 Å². The minimum absolute atomic E-state index is 0.0216. The van der Waals surface area contributed by atoms with Crippen LogP contribution in [-0.2, 0) is 9.59 Å². The van der Waals surface area contributed by atoms with Gasteiger partial charge in [0.1, 0.15) is 0 Å². The highest BCUT2D eigenvalue weighted by molar-refractivity contribution is 5.91. The summed E-state index contributed by atoms with van der Waals surface area (Å²) in [5.41, 5.74) is 0.891. The number of likely N-dealkylation sites (tertiary alicyclic amines) is 1. The summed E-state index contributed by atoms with van der Waals surface area (Å²) in [7, 11) is 0. The molecule has 1 saturated heterocycles. The van der Waals surface area contributed by atoms with Crippen LogP contribution < -0.4 is 0 Å². The van der Waals surface area contributed by atoms with Gasteiger partial charge in [-0.05, 0) is 36.5 Å². The van der Waals surface area contributed by atoms with Gasteiger partial charge in [0.05, 0.1) is 0 Å². The van der Waals surface area contributed by atoms with Crippen molar-refractivity contribution in [2.24, 2.45) is 5.92 Å². The van der Waals surface area contributed by atoms with Crippen molar-refractivity contribution in [2.75, 3.05) is 13.1 Å². The van der Waals surface area contributed by atoms with Crippen molar-refractivity contribution in [1.29, 1.82) is 0 Å². The van der Waals surface area contributed by atoms with E-state index in [-0.39, 0.29) is 12.3 Å². The quantitative estimate of drug-likeness (QED) is 0.831. The number of pyridine rings is 1. The second kappa shape index (κ2) is 6.84. The van der Waals surface area contributed by atoms with Crippen molar-refractivity contribution >= 4 is 18.0 Å². The van der Waals surface area contributed by atoms with Crippen molar-refractivity contribution in [3.63, 3.8) is 0 Å². The van der Waals surface area contributed by atoms with Gasteiger partial charge in [0.25, 0.3) is 0 Å². The monoisotopic (exact) mass is 274 g/mol. The first-order valence-corrected chi connectivity index (χ1v) is 6.74. The zero-order valence-electron chi connectivity index (χ0n) is 11.2. The largest absolute Gasteiger partial charge is 0.481 e. The summed E-state index contributed by atoms with van der Waals surface area (Å²) in [6.07, 6.45) is 8.40. The van der Waals surface area contributed by atoms with Gasteiger partial charge in [0.2, 0.25) is 5.91 Å². The van der Waals surface area contributed by atoms with Gasteiger partial charge in [-0.25, -0.2) is 0 Å². The number of carbonyl (C=O) groups is 2. The molecule has 0 bridgehead atoms. The number of hydrogen-bond donors (Lipinski definition) is 1. The fourth-order valence-electron chi connectivity index (χ4n) is 2.34. The maximum Gasteiger partial charge on any atom is 0.303 e. The van der Waals surface area contributed by atoms with E-state index >= 15 is 0 Å². The number of carboxylic acid groups (broad SMARTS) is 1. The summed E-state index contributed by atoms with van der Waals surface area (Å²) in [5.74, 6) is -0.486. The van der Waals surface area contributed by atoms with Crippen molar-refractivity contribution < 1.29 is 14.7 Å². The summed E-state index contributed by atoms with van der Waals surface area (Å²) in [5, 5.41) is 8.66. The summed E-state index contributed by atoms with van der Waals surface area (Å²) >= 11 is 0. The number of rotatable bonds is 5. The van der Waals surface area contributed by atoms with Crippen molar-refractivity contribution in [1.82, 2.24) is 9.88 Å². The SMILES string of the molecule is O=C(O)CCC1CCN(C(=O)/C=C/c2cccnc2)C1. The maximum absolute atomic E-state index is 12.0. The fraction of sp³-hybridized carbons (Fsp3) is 0.400. The van der Waals surface area contributed by atoms with E-state index in [1.807, 2.05) is 12.1 Å². The van der Waals surface area contributed by atoms with Crippen LogP contribution in [0.4, 0.5) is 0 Å². The van der Waals surface area contributed by atoms with E-state index in [0.29, 0.717) is 25.4 Å². The third kappa shape index (κ3) is 4.19. The summed E-state index contributed by atoms with van der Waals surface area (Å²) in [4.78, 5) is 28.3. The third-order valence-electron chi connectivity index (χ3n) is 3.47. The topological polar surface area (TPSA) is 70.5 Å². The van der Waals surface area contributed by atoms with Gasteiger partial charge >= 0.3 is 5.97 Å². The average Bonchev–Trinajstić information content (AvgIpc) is 2.92. The number of carboxylic acids is 1. The molecule has 1 aromatic heterocycles. The number of hydrogen-bond acceptors (Lipinski definition) is 3. The standard InChI is InChI=1S/C15H18N2O3/c18-14(5-3-12-2-1-8-16-10-12)17-9-7-13(11-17)4-6-15(19)20/h1-3,5,8,10,13H,4,6-7,9,11H2,(H,19,20)/b5-3+. The molecule has 1 atom stereocenters. The zero-order chi connectivity index (χ0) is 14.4. The van der Waals surface area contributed by atoms with Gasteiger partial charge in [0, 0.05) is 38.0 Å². The molecule has 5 heteroatoms. The van der Waals surface area contributed by atoms with Gasteiger partial charge in [-0.15, -0.1) is 0 Å². The Labute approximate surface area is 117 Å². The molecule has 2 rings (SSSR count). The maximum atomic E-state index is 12.0. The normalized spacial score (nSPS) is 18.6. The van der Waals surface area contributed by atoms with Crippen molar-refractivity contribution in [3.8, 4) is 0 Å². The van der Waals surface area contributed by atoms with Crippen LogP contribution in [0.1, 0.15) is 24.8 Å². The number of carbonyl (C=O) groups excluding carboxylic acids is 1. The zero-order valence-corrected chi connectivity index (χ0v) is 11.2. The smallest absolute Gasteiger partial charge is 0.303 e. The molecule has 20 heavy (non-hydrogen) atoms. The molecule has 1 amide bonds. The van der Waals surface area contributed by atoms with Crippen molar-refractivity contribution in [3.05, 3.63) is 36.2 Å². The Morgan fingerprint density at radius 1 is 1.50 bits per heavy atom. The van der Waals surface area contributed by atoms with E-state index in [2.05, 4.69) is 4.98 Å². The Morgan fingerprint density at radius 2 is 2.35 bits per heavy atom. The lowest BCUT2D eigenvalue weighted by atomic mass is 10.0. The van der Waals surface area contributed by atoms with Crippen LogP contribution in [-0.4, -0.2) is 40.0 Å². The Hall–Kier alpha value is -2.17. The predicted octanol–water partition coefficient (Wildman–Crippen LogP) is 1.81. The molecule has 0 aromatic carbocycles. The second-order valence-electron chi connectivity index (χ2n) is 4.99. The Morgan fingerprint density at radius 3 is 3.05 bits per heavy atom. The van der Waals surface area contributed by atoms with Crippen LogP contribution in [0.3, 0.4) is 0 Å². The Kier molecular flexibility index (Phi) is 4.87. The number of nitrogens with zero attached hydrogens (tertiary/aromatic N) is 2. The molecule has 0 radical (unpaired) electrons. The van der Waals surface area contributed by atoms with E-state index < -0.39 is 5.97 Å². The van der Waals surface area contributed by atoms with Crippen LogP contribution >= 0.6 is 0 Å². The molecule has 1 fully saturated rings. The van der Waals surface area contributed by atoms with E-state index in [4.69, 9.17) is 5.11 Å². The highest BCUT2D eigenvalue weighted by Gasteiger charge is 2.25. The predicted molar refractivity (Wildman–Crippen MR) is 74.8 cm³/mol. The van der Waals surface area contributed by atoms with Gasteiger partial charge in [-0.2, -0.15) is 0 Å². The van der Waals surface area contributed by atoms with Gasteiger partial charge in [-0.1, -0.05) is 6.07 Å². The minimum atomic E-state index is -0.772. The van der Waals surface area contributed by atoms with E-state index in [1.165, 1.54) is 0 Å². The number of aliphatic carboxylic acids is 1. The van der Waals surface area contributed by atoms with Crippen LogP contribution in [0, 0.1) is 5.92 Å². The average molecular weight is 274 g/mol. The molecule has 1 aromatic rings. The van der Waals surface area contributed by atoms with Crippen molar-refractivity contribution in [2.45, 2.75) is 19.3 Å². The number of aromatic nitrogens is 1. The molecule has 0 spiro atoms. The lowest BCUT2D eigenvalue weighted by molar-refractivity contribution is -0.137.